The molecule has 0 aliphatic carbocycles. The predicted octanol–water partition coefficient (Wildman–Crippen LogP) is 2.30. The molecule has 1 rings (SSSR count). The third-order valence-electron chi connectivity index (χ3n) is 2.01. The van der Waals surface area contributed by atoms with E-state index < -0.39 is 0 Å². The van der Waals surface area contributed by atoms with E-state index >= 15 is 0 Å². The summed E-state index contributed by atoms with van der Waals surface area (Å²) in [6.07, 6.45) is 2.52. The fourth-order valence-corrected chi connectivity index (χ4v) is 2.95. The molecule has 3 heteroatoms. The number of amides is 1. The Balaban J connectivity index is 2.20. The van der Waals surface area contributed by atoms with Gasteiger partial charge in [0.25, 0.3) is 0 Å². The Labute approximate surface area is 97.6 Å². The van der Waals surface area contributed by atoms with Gasteiger partial charge >= 0.3 is 97.4 Å². The summed E-state index contributed by atoms with van der Waals surface area (Å²) in [5.74, 6) is 0.0500. The van der Waals surface area contributed by atoms with E-state index in [4.69, 9.17) is 0 Å². The Morgan fingerprint density at radius 2 is 2.07 bits per heavy atom. The first-order valence-corrected chi connectivity index (χ1v) is 7.68. The Hall–Kier alpha value is -0.791. The van der Waals surface area contributed by atoms with E-state index in [2.05, 4.69) is 12.2 Å². The Morgan fingerprint density at radius 1 is 1.33 bits per heavy atom. The second-order valence-electron chi connectivity index (χ2n) is 3.28. The molecule has 1 aromatic carbocycles. The summed E-state index contributed by atoms with van der Waals surface area (Å²) < 4.78 is 0. The fourth-order valence-electron chi connectivity index (χ4n) is 1.13. The number of nitrogens with one attached hydrogen (secondary N) is 1. The van der Waals surface area contributed by atoms with E-state index in [1.165, 1.54) is 18.2 Å². The first-order valence-electron chi connectivity index (χ1n) is 5.25. The molecule has 0 unspecified atom stereocenters. The summed E-state index contributed by atoms with van der Waals surface area (Å²) in [7, 11) is 0. The van der Waals surface area contributed by atoms with E-state index in [1.807, 2.05) is 30.3 Å². The van der Waals surface area contributed by atoms with Crippen molar-refractivity contribution in [2.45, 2.75) is 25.1 Å². The fraction of sp³-hybridized carbons (Fsp3) is 0.417. The van der Waals surface area contributed by atoms with Crippen LogP contribution in [0.2, 0.25) is 5.32 Å². The summed E-state index contributed by atoms with van der Waals surface area (Å²) in [4.78, 5) is 11.6. The summed E-state index contributed by atoms with van der Waals surface area (Å²) in [5, 5.41) is 4.21. The minimum absolute atomic E-state index is 0.0500. The number of unbranched alkanes of at least 4 members (excludes halogenated alkanes) is 1. The van der Waals surface area contributed by atoms with Gasteiger partial charge in [0.1, 0.15) is 0 Å². The van der Waals surface area contributed by atoms with Crippen LogP contribution in [0, 0.1) is 0 Å². The second-order valence-corrected chi connectivity index (χ2v) is 5.60. The van der Waals surface area contributed by atoms with Crippen LogP contribution in [0.5, 0.6) is 0 Å². The molecular formula is C12H17NOSe. The molecule has 0 aliphatic rings. The minimum atomic E-state index is 0.0500. The molecular weight excluding hydrogens is 253 g/mol. The number of hydrogen-bond donors (Lipinski definition) is 1. The zero-order valence-electron chi connectivity index (χ0n) is 9.03. The van der Waals surface area contributed by atoms with Crippen LogP contribution in [0.25, 0.3) is 0 Å². The maximum atomic E-state index is 11.6. The second kappa shape index (κ2) is 7.49. The van der Waals surface area contributed by atoms with E-state index in [1.54, 1.807) is 0 Å². The van der Waals surface area contributed by atoms with Crippen molar-refractivity contribution in [2.24, 2.45) is 0 Å². The Bertz CT molecular complexity index is 287. The van der Waals surface area contributed by atoms with Gasteiger partial charge in [-0.05, 0) is 0 Å². The molecule has 2 nitrogen and oxygen atoms in total. The Kier molecular flexibility index (Phi) is 6.14. The number of benzene rings is 1. The molecule has 0 fully saturated rings. The van der Waals surface area contributed by atoms with Crippen molar-refractivity contribution < 1.29 is 4.79 Å². The van der Waals surface area contributed by atoms with Crippen molar-refractivity contribution in [1.82, 2.24) is 5.32 Å². The van der Waals surface area contributed by atoms with Gasteiger partial charge in [-0.15, -0.1) is 0 Å². The molecule has 82 valence electrons. The summed E-state index contributed by atoms with van der Waals surface area (Å²) in [6, 6.07) is 9.37. The zero-order chi connectivity index (χ0) is 10.9. The SMILES string of the molecule is CCCC[Se]CNC(=O)c1ccccc1. The van der Waals surface area contributed by atoms with Crippen molar-refractivity contribution >= 4 is 20.9 Å². The first-order chi connectivity index (χ1) is 7.34. The van der Waals surface area contributed by atoms with Gasteiger partial charge in [-0.25, -0.2) is 0 Å². The van der Waals surface area contributed by atoms with E-state index in [0.29, 0.717) is 15.0 Å². The topological polar surface area (TPSA) is 29.1 Å². The Morgan fingerprint density at radius 3 is 2.73 bits per heavy atom. The molecule has 15 heavy (non-hydrogen) atoms. The molecule has 0 bridgehead atoms. The number of hydrogen-bond acceptors (Lipinski definition) is 1. The molecule has 0 radical (unpaired) electrons. The molecule has 0 saturated heterocycles. The van der Waals surface area contributed by atoms with Crippen molar-refractivity contribution in [2.75, 3.05) is 5.44 Å². The van der Waals surface area contributed by atoms with Crippen LogP contribution in [0.1, 0.15) is 30.1 Å². The molecule has 0 aromatic heterocycles. The van der Waals surface area contributed by atoms with Crippen molar-refractivity contribution in [3.63, 3.8) is 0 Å². The first kappa shape index (κ1) is 12.3. The van der Waals surface area contributed by atoms with Crippen LogP contribution in [0.4, 0.5) is 0 Å². The van der Waals surface area contributed by atoms with E-state index in [9.17, 15) is 4.79 Å². The van der Waals surface area contributed by atoms with Gasteiger partial charge in [0.05, 0.1) is 0 Å². The van der Waals surface area contributed by atoms with Crippen LogP contribution in [-0.2, 0) is 0 Å². The average Bonchev–Trinajstić information content (AvgIpc) is 2.30. The predicted molar refractivity (Wildman–Crippen MR) is 64.2 cm³/mol. The van der Waals surface area contributed by atoms with Crippen LogP contribution < -0.4 is 5.32 Å². The molecule has 1 N–H and O–H groups in total. The molecule has 0 heterocycles. The van der Waals surface area contributed by atoms with Crippen LogP contribution in [0.15, 0.2) is 30.3 Å². The summed E-state index contributed by atoms with van der Waals surface area (Å²) in [5.41, 5.74) is 1.60. The molecule has 0 atom stereocenters. The third kappa shape index (κ3) is 5.01. The average molecular weight is 270 g/mol. The van der Waals surface area contributed by atoms with Crippen molar-refractivity contribution in [3.05, 3.63) is 35.9 Å². The molecule has 0 spiro atoms. The van der Waals surface area contributed by atoms with Gasteiger partial charge in [0.15, 0.2) is 0 Å². The number of carbonyl (C=O) groups is 1. The van der Waals surface area contributed by atoms with Gasteiger partial charge < -0.3 is 0 Å². The molecule has 0 saturated carbocycles. The third-order valence-corrected chi connectivity index (χ3v) is 3.96. The molecule has 1 amide bonds. The van der Waals surface area contributed by atoms with Crippen molar-refractivity contribution in [1.29, 1.82) is 0 Å². The van der Waals surface area contributed by atoms with Crippen LogP contribution in [0.3, 0.4) is 0 Å². The van der Waals surface area contributed by atoms with E-state index in [-0.39, 0.29) is 5.91 Å². The van der Waals surface area contributed by atoms with Gasteiger partial charge in [-0.1, -0.05) is 0 Å². The maximum absolute atomic E-state index is 11.6. The van der Waals surface area contributed by atoms with Gasteiger partial charge in [0.2, 0.25) is 0 Å². The monoisotopic (exact) mass is 271 g/mol. The number of carbonyl (C=O) groups excluding carboxylic acids is 1. The van der Waals surface area contributed by atoms with Gasteiger partial charge in [-0.3, -0.25) is 0 Å². The van der Waals surface area contributed by atoms with Crippen LogP contribution in [-0.4, -0.2) is 26.3 Å². The van der Waals surface area contributed by atoms with E-state index in [0.717, 1.165) is 11.0 Å². The number of rotatable bonds is 6. The van der Waals surface area contributed by atoms with Crippen molar-refractivity contribution in [3.8, 4) is 0 Å². The summed E-state index contributed by atoms with van der Waals surface area (Å²) in [6.45, 7) is 2.19. The molecule has 0 aliphatic heterocycles. The summed E-state index contributed by atoms with van der Waals surface area (Å²) >= 11 is 0.556. The standard InChI is InChI=1S/C12H17NOSe/c1-2-3-9-15-10-13-12(14)11-7-5-4-6-8-11/h4-8H,2-3,9-10H2,1H3,(H,13,14). The quantitative estimate of drug-likeness (QED) is 0.623. The van der Waals surface area contributed by atoms with Crippen LogP contribution >= 0.6 is 0 Å². The normalized spacial score (nSPS) is 9.93. The van der Waals surface area contributed by atoms with Gasteiger partial charge in [0, 0.05) is 0 Å². The zero-order valence-corrected chi connectivity index (χ0v) is 10.7. The van der Waals surface area contributed by atoms with Gasteiger partial charge in [-0.2, -0.15) is 0 Å². The molecule has 1 aromatic rings.